The minimum atomic E-state index is -2.01. The lowest BCUT2D eigenvalue weighted by atomic mass is 9.96. The summed E-state index contributed by atoms with van der Waals surface area (Å²) in [5, 5.41) is 0.213. The highest BCUT2D eigenvalue weighted by atomic mass is 28.4. The first-order chi connectivity index (χ1) is 13.4. The van der Waals surface area contributed by atoms with E-state index >= 15 is 0 Å². The first kappa shape index (κ1) is 25.5. The van der Waals surface area contributed by atoms with Gasteiger partial charge in [0.2, 0.25) is 0 Å². The number of amides is 1. The van der Waals surface area contributed by atoms with Crippen molar-refractivity contribution in [3.05, 3.63) is 12.2 Å². The Morgan fingerprint density at radius 1 is 1.10 bits per heavy atom. The van der Waals surface area contributed by atoms with Crippen LogP contribution in [-0.4, -0.2) is 53.3 Å². The molecule has 6 nitrogen and oxygen atoms in total. The number of carbonyl (C=O) groups is 1. The molecule has 2 unspecified atom stereocenters. The molecule has 1 saturated heterocycles. The van der Waals surface area contributed by atoms with Crippen molar-refractivity contribution in [2.75, 3.05) is 6.61 Å². The molecule has 1 amide bonds. The van der Waals surface area contributed by atoms with Gasteiger partial charge >= 0.3 is 0 Å². The summed E-state index contributed by atoms with van der Waals surface area (Å²) in [6.45, 7) is 22.9. The average molecular weight is 455 g/mol. The first-order valence-electron chi connectivity index (χ1n) is 11.0. The summed E-state index contributed by atoms with van der Waals surface area (Å²) >= 11 is 0. The van der Waals surface area contributed by atoms with E-state index in [4.69, 9.17) is 19.3 Å². The summed E-state index contributed by atoms with van der Waals surface area (Å²) in [5.41, 5.74) is 5.68. The fourth-order valence-electron chi connectivity index (χ4n) is 3.12. The molecule has 2 heterocycles. The minimum absolute atomic E-state index is 0.0925. The van der Waals surface area contributed by atoms with Gasteiger partial charge in [0.1, 0.15) is 11.9 Å². The van der Waals surface area contributed by atoms with Crippen LogP contribution in [0.3, 0.4) is 0 Å². The molecule has 0 aliphatic carbocycles. The molecular formula is C22H42N2O4Si2. The molecule has 4 atom stereocenters. The monoisotopic (exact) mass is 454 g/mol. The first-order valence-corrected chi connectivity index (χ1v) is 16.8. The Morgan fingerprint density at radius 3 is 2.17 bits per heavy atom. The Labute approximate surface area is 184 Å². The van der Waals surface area contributed by atoms with Gasteiger partial charge < -0.3 is 19.3 Å². The maximum Gasteiger partial charge on any atom is 0.257 e. The molecule has 0 aromatic heterocycles. The van der Waals surface area contributed by atoms with Crippen LogP contribution in [0.25, 0.3) is 0 Å². The number of aliphatic imine (C=N–C) groups is 1. The van der Waals surface area contributed by atoms with Gasteiger partial charge in [0.25, 0.3) is 5.91 Å². The molecule has 0 aromatic carbocycles. The normalized spacial score (nSPS) is 28.7. The van der Waals surface area contributed by atoms with E-state index in [-0.39, 0.29) is 40.1 Å². The van der Waals surface area contributed by atoms with Gasteiger partial charge in [0.05, 0.1) is 24.7 Å². The van der Waals surface area contributed by atoms with Crippen LogP contribution in [0.15, 0.2) is 17.1 Å². The standard InChI is InChI=1S/C22H42N2O4Si2/c1-21(2,3)29(7,8)26-14-18-17(28-30(9,10)22(4,5)6)13-16(27-18)15-11-12-19(23)24-20(15)25/h11-12,15-18H,13-14H2,1-10H3,(H2,23,24,25)/t15?,16-,17?,18+/m0/s1. The lowest BCUT2D eigenvalue weighted by molar-refractivity contribution is -0.124. The number of hydrogen-bond acceptors (Lipinski definition) is 5. The predicted molar refractivity (Wildman–Crippen MR) is 128 cm³/mol. The summed E-state index contributed by atoms with van der Waals surface area (Å²) in [7, 11) is -3.93. The second kappa shape index (κ2) is 8.62. The number of amidine groups is 1. The van der Waals surface area contributed by atoms with Crippen molar-refractivity contribution in [1.82, 2.24) is 0 Å². The van der Waals surface area contributed by atoms with Gasteiger partial charge in [-0.05, 0) is 42.3 Å². The van der Waals surface area contributed by atoms with Gasteiger partial charge in [-0.3, -0.25) is 4.79 Å². The summed E-state index contributed by atoms with van der Waals surface area (Å²) in [5.74, 6) is -0.404. The number of rotatable bonds is 6. The quantitative estimate of drug-likeness (QED) is 0.592. The predicted octanol–water partition coefficient (Wildman–Crippen LogP) is 4.63. The Hall–Kier alpha value is -0.806. The van der Waals surface area contributed by atoms with E-state index in [1.54, 1.807) is 6.08 Å². The highest BCUT2D eigenvalue weighted by Crippen LogP contribution is 2.42. The SMILES string of the molecule is CC(C)(C)[Si](C)(C)OC[C@H]1O[C@H](C2C=CC(N)=NC2=O)CC1O[Si](C)(C)C(C)(C)C. The molecular weight excluding hydrogens is 412 g/mol. The van der Waals surface area contributed by atoms with Crippen LogP contribution in [0.4, 0.5) is 0 Å². The molecule has 0 saturated carbocycles. The number of carbonyl (C=O) groups excluding carboxylic acids is 1. The third-order valence-electron chi connectivity index (χ3n) is 7.30. The van der Waals surface area contributed by atoms with Crippen LogP contribution >= 0.6 is 0 Å². The molecule has 1 fully saturated rings. The summed E-state index contributed by atoms with van der Waals surface area (Å²) in [4.78, 5) is 16.4. The zero-order valence-corrected chi connectivity index (χ0v) is 22.5. The third kappa shape index (κ3) is 5.70. The fraction of sp³-hybridized carbons (Fsp3) is 0.818. The number of dihydropyridines is 1. The highest BCUT2D eigenvalue weighted by Gasteiger charge is 2.48. The molecule has 8 heteroatoms. The number of hydrogen-bond donors (Lipinski definition) is 1. The third-order valence-corrected chi connectivity index (χ3v) is 16.3. The van der Waals surface area contributed by atoms with E-state index in [9.17, 15) is 4.79 Å². The van der Waals surface area contributed by atoms with E-state index in [0.717, 1.165) is 0 Å². The fourth-order valence-corrected chi connectivity index (χ4v) is 5.49. The van der Waals surface area contributed by atoms with Crippen LogP contribution in [0.5, 0.6) is 0 Å². The average Bonchev–Trinajstić information content (AvgIpc) is 2.92. The van der Waals surface area contributed by atoms with Crippen molar-refractivity contribution in [3.63, 3.8) is 0 Å². The van der Waals surface area contributed by atoms with Gasteiger partial charge in [0.15, 0.2) is 16.6 Å². The largest absolute Gasteiger partial charge is 0.414 e. The molecule has 0 bridgehead atoms. The second-order valence-corrected chi connectivity index (χ2v) is 21.3. The van der Waals surface area contributed by atoms with Crippen molar-refractivity contribution < 1.29 is 18.4 Å². The molecule has 2 rings (SSSR count). The topological polar surface area (TPSA) is 83.1 Å². The zero-order valence-electron chi connectivity index (χ0n) is 20.5. The molecule has 172 valence electrons. The van der Waals surface area contributed by atoms with E-state index in [1.807, 2.05) is 6.08 Å². The summed E-state index contributed by atoms with van der Waals surface area (Å²) < 4.78 is 19.6. The zero-order chi connectivity index (χ0) is 23.1. The summed E-state index contributed by atoms with van der Waals surface area (Å²) in [6, 6.07) is 0. The maximum atomic E-state index is 12.4. The van der Waals surface area contributed by atoms with Gasteiger partial charge in [0, 0.05) is 6.42 Å². The summed E-state index contributed by atoms with van der Waals surface area (Å²) in [6.07, 6.45) is 3.61. The molecule has 0 aromatic rings. The van der Waals surface area contributed by atoms with Crippen molar-refractivity contribution in [2.24, 2.45) is 16.6 Å². The Balaban J connectivity index is 2.20. The molecule has 0 spiro atoms. The van der Waals surface area contributed by atoms with E-state index < -0.39 is 22.6 Å². The number of nitrogens with zero attached hydrogens (tertiary/aromatic N) is 1. The maximum absolute atomic E-state index is 12.4. The molecule has 0 radical (unpaired) electrons. The lowest BCUT2D eigenvalue weighted by Gasteiger charge is -2.40. The molecule has 30 heavy (non-hydrogen) atoms. The van der Waals surface area contributed by atoms with E-state index in [0.29, 0.717) is 13.0 Å². The van der Waals surface area contributed by atoms with Crippen LogP contribution in [0.2, 0.25) is 36.3 Å². The Morgan fingerprint density at radius 2 is 1.67 bits per heavy atom. The van der Waals surface area contributed by atoms with Gasteiger partial charge in [-0.15, -0.1) is 0 Å². The number of ether oxygens (including phenoxy) is 1. The second-order valence-electron chi connectivity index (χ2n) is 11.7. The van der Waals surface area contributed by atoms with Crippen molar-refractivity contribution >= 4 is 28.4 Å². The Kier molecular flexibility index (Phi) is 7.31. The van der Waals surface area contributed by atoms with Gasteiger partial charge in [-0.25, -0.2) is 0 Å². The lowest BCUT2D eigenvalue weighted by Crippen LogP contribution is -2.48. The van der Waals surface area contributed by atoms with Crippen LogP contribution in [0, 0.1) is 5.92 Å². The van der Waals surface area contributed by atoms with E-state index in [1.165, 1.54) is 0 Å². The number of nitrogens with two attached hydrogens (primary N) is 1. The van der Waals surface area contributed by atoms with Crippen molar-refractivity contribution in [1.29, 1.82) is 0 Å². The van der Waals surface area contributed by atoms with Crippen LogP contribution in [-0.2, 0) is 18.4 Å². The highest BCUT2D eigenvalue weighted by molar-refractivity contribution is 6.74. The Bertz CT molecular complexity index is 705. The van der Waals surface area contributed by atoms with Gasteiger partial charge in [-0.1, -0.05) is 47.6 Å². The van der Waals surface area contributed by atoms with E-state index in [2.05, 4.69) is 72.7 Å². The minimum Gasteiger partial charge on any atom is -0.414 e. The van der Waals surface area contributed by atoms with Crippen LogP contribution in [0.1, 0.15) is 48.0 Å². The molecule has 2 N–H and O–H groups in total. The van der Waals surface area contributed by atoms with Crippen molar-refractivity contribution in [2.45, 2.75) is 103 Å². The van der Waals surface area contributed by atoms with Gasteiger partial charge in [-0.2, -0.15) is 4.99 Å². The molecule has 2 aliphatic rings. The van der Waals surface area contributed by atoms with Crippen molar-refractivity contribution in [3.8, 4) is 0 Å². The molecule has 2 aliphatic heterocycles. The van der Waals surface area contributed by atoms with Crippen LogP contribution < -0.4 is 5.73 Å². The smallest absolute Gasteiger partial charge is 0.257 e.